The van der Waals surface area contributed by atoms with Crippen LogP contribution in [0.3, 0.4) is 0 Å². The lowest BCUT2D eigenvalue weighted by Gasteiger charge is -2.12. The van der Waals surface area contributed by atoms with Gasteiger partial charge in [0.1, 0.15) is 6.61 Å². The molecule has 0 bridgehead atoms. The van der Waals surface area contributed by atoms with E-state index in [2.05, 4.69) is 4.99 Å². The van der Waals surface area contributed by atoms with Gasteiger partial charge in [-0.1, -0.05) is 42.5 Å². The minimum atomic E-state index is -0.638. The van der Waals surface area contributed by atoms with E-state index < -0.39 is 10.9 Å². The molecule has 172 valence electrons. The summed E-state index contributed by atoms with van der Waals surface area (Å²) >= 11 is 0. The topological polar surface area (TPSA) is 100 Å². The van der Waals surface area contributed by atoms with E-state index in [-0.39, 0.29) is 17.3 Å². The van der Waals surface area contributed by atoms with E-state index in [4.69, 9.17) is 14.2 Å². The summed E-state index contributed by atoms with van der Waals surface area (Å²) < 4.78 is 16.9. The highest BCUT2D eigenvalue weighted by Gasteiger charge is 2.26. The maximum atomic E-state index is 12.4. The molecule has 1 heterocycles. The van der Waals surface area contributed by atoms with Gasteiger partial charge in [-0.2, -0.15) is 0 Å². The van der Waals surface area contributed by atoms with E-state index in [0.29, 0.717) is 41.4 Å². The highest BCUT2D eigenvalue weighted by atomic mass is 16.6. The van der Waals surface area contributed by atoms with Crippen molar-refractivity contribution in [1.29, 1.82) is 0 Å². The van der Waals surface area contributed by atoms with Crippen LogP contribution < -0.4 is 9.47 Å². The van der Waals surface area contributed by atoms with Crippen LogP contribution in [0.25, 0.3) is 6.08 Å². The molecule has 3 aromatic carbocycles. The minimum absolute atomic E-state index is 0.0206. The molecule has 0 aromatic heterocycles. The summed E-state index contributed by atoms with van der Waals surface area (Å²) in [6.45, 7) is 4.35. The Morgan fingerprint density at radius 3 is 2.56 bits per heavy atom. The molecule has 0 unspecified atom stereocenters. The SMILES string of the molecule is CCOc1cc(/C=C2\N=C(c3ccc(C)c([N+](=O)[O-])c3)OC2=O)ccc1OCc1ccccc1. The van der Waals surface area contributed by atoms with Gasteiger partial charge in [0.2, 0.25) is 5.90 Å². The average Bonchev–Trinajstić information content (AvgIpc) is 3.19. The zero-order chi connectivity index (χ0) is 24.1. The van der Waals surface area contributed by atoms with Crippen molar-refractivity contribution >= 4 is 23.6 Å². The predicted molar refractivity (Wildman–Crippen MR) is 127 cm³/mol. The molecule has 8 heteroatoms. The first-order valence-corrected chi connectivity index (χ1v) is 10.7. The minimum Gasteiger partial charge on any atom is -0.490 e. The quantitative estimate of drug-likeness (QED) is 0.198. The molecule has 8 nitrogen and oxygen atoms in total. The molecule has 0 atom stereocenters. The van der Waals surface area contributed by atoms with Gasteiger partial charge in [0.05, 0.1) is 11.5 Å². The number of cyclic esters (lactones) is 1. The molecule has 0 aliphatic carbocycles. The molecular formula is C26H22N2O6. The maximum absolute atomic E-state index is 12.4. The van der Waals surface area contributed by atoms with E-state index in [1.165, 1.54) is 6.07 Å². The number of nitro benzene ring substituents is 1. The van der Waals surface area contributed by atoms with Gasteiger partial charge in [-0.15, -0.1) is 0 Å². The lowest BCUT2D eigenvalue weighted by atomic mass is 10.1. The molecule has 4 rings (SSSR count). The molecule has 1 aliphatic rings. The number of rotatable bonds is 8. The van der Waals surface area contributed by atoms with Crippen LogP contribution in [0.5, 0.6) is 11.5 Å². The summed E-state index contributed by atoms with van der Waals surface area (Å²) in [5, 5.41) is 11.2. The highest BCUT2D eigenvalue weighted by molar-refractivity contribution is 6.13. The molecule has 0 saturated heterocycles. The number of carbonyl (C=O) groups is 1. The number of aryl methyl sites for hydroxylation is 1. The second kappa shape index (κ2) is 9.99. The maximum Gasteiger partial charge on any atom is 0.363 e. The predicted octanol–water partition coefficient (Wildman–Crippen LogP) is 5.23. The molecule has 0 N–H and O–H groups in total. The molecule has 0 radical (unpaired) electrons. The van der Waals surface area contributed by atoms with Crippen molar-refractivity contribution in [3.63, 3.8) is 0 Å². The number of ether oxygens (including phenoxy) is 3. The standard InChI is InChI=1S/C26H22N2O6/c1-3-32-24-14-19(10-12-23(24)33-16-18-7-5-4-6-8-18)13-21-26(29)34-25(27-21)20-11-9-17(2)22(15-20)28(30)31/h4-15H,3,16H2,1-2H3/b21-13-. The fourth-order valence-corrected chi connectivity index (χ4v) is 3.37. The number of esters is 1. The number of nitrogens with zero attached hydrogens (tertiary/aromatic N) is 2. The third-order valence-electron chi connectivity index (χ3n) is 5.08. The molecule has 3 aromatic rings. The Hall–Kier alpha value is -4.46. The number of hydrogen-bond donors (Lipinski definition) is 0. The van der Waals surface area contributed by atoms with E-state index >= 15 is 0 Å². The fraction of sp³-hybridized carbons (Fsp3) is 0.154. The lowest BCUT2D eigenvalue weighted by Crippen LogP contribution is -2.06. The van der Waals surface area contributed by atoms with Crippen molar-refractivity contribution in [2.75, 3.05) is 6.61 Å². The fourth-order valence-electron chi connectivity index (χ4n) is 3.37. The summed E-state index contributed by atoms with van der Waals surface area (Å²) in [4.78, 5) is 27.4. The Bertz CT molecular complexity index is 1300. The van der Waals surface area contributed by atoms with Gasteiger partial charge >= 0.3 is 5.97 Å². The monoisotopic (exact) mass is 458 g/mol. The number of aliphatic imine (C=N–C) groups is 1. The van der Waals surface area contributed by atoms with E-state index in [1.807, 2.05) is 37.3 Å². The first-order chi connectivity index (χ1) is 16.4. The first-order valence-electron chi connectivity index (χ1n) is 10.7. The van der Waals surface area contributed by atoms with Gasteiger partial charge in [0, 0.05) is 17.2 Å². The normalized spacial score (nSPS) is 14.0. The van der Waals surface area contributed by atoms with Crippen LogP contribution in [-0.2, 0) is 16.1 Å². The van der Waals surface area contributed by atoms with Gasteiger partial charge in [0.25, 0.3) is 5.69 Å². The van der Waals surface area contributed by atoms with Crippen LogP contribution in [0, 0.1) is 17.0 Å². The Morgan fingerprint density at radius 2 is 1.82 bits per heavy atom. The summed E-state index contributed by atoms with van der Waals surface area (Å²) in [5.74, 6) is 0.503. The molecular weight excluding hydrogens is 436 g/mol. The van der Waals surface area contributed by atoms with Gasteiger partial charge < -0.3 is 14.2 Å². The van der Waals surface area contributed by atoms with Gasteiger partial charge in [-0.05, 0) is 49.2 Å². The number of carbonyl (C=O) groups excluding carboxylic acids is 1. The molecule has 1 aliphatic heterocycles. The van der Waals surface area contributed by atoms with Crippen molar-refractivity contribution in [3.8, 4) is 11.5 Å². The summed E-state index contributed by atoms with van der Waals surface area (Å²) in [7, 11) is 0. The number of benzene rings is 3. The van der Waals surface area contributed by atoms with E-state index in [9.17, 15) is 14.9 Å². The molecule has 0 spiro atoms. The van der Waals surface area contributed by atoms with Gasteiger partial charge in [-0.3, -0.25) is 10.1 Å². The van der Waals surface area contributed by atoms with Crippen LogP contribution in [-0.4, -0.2) is 23.4 Å². The largest absolute Gasteiger partial charge is 0.490 e. The number of hydrogen-bond acceptors (Lipinski definition) is 7. The molecule has 0 fully saturated rings. The van der Waals surface area contributed by atoms with Gasteiger partial charge in [0.15, 0.2) is 17.2 Å². The smallest absolute Gasteiger partial charge is 0.363 e. The van der Waals surface area contributed by atoms with Crippen molar-refractivity contribution < 1.29 is 23.9 Å². The molecule has 0 amide bonds. The zero-order valence-corrected chi connectivity index (χ0v) is 18.7. The Kier molecular flexibility index (Phi) is 6.68. The van der Waals surface area contributed by atoms with Crippen LogP contribution in [0.4, 0.5) is 5.69 Å². The lowest BCUT2D eigenvalue weighted by molar-refractivity contribution is -0.385. The summed E-state index contributed by atoms with van der Waals surface area (Å²) in [6.07, 6.45) is 1.57. The molecule has 34 heavy (non-hydrogen) atoms. The van der Waals surface area contributed by atoms with Crippen molar-refractivity contribution in [3.05, 3.63) is 105 Å². The third kappa shape index (κ3) is 5.12. The Labute approximate surface area is 196 Å². The van der Waals surface area contributed by atoms with E-state index in [0.717, 1.165) is 5.56 Å². The Morgan fingerprint density at radius 1 is 1.03 bits per heavy atom. The summed E-state index contributed by atoms with van der Waals surface area (Å²) in [6, 6.07) is 19.7. The van der Waals surface area contributed by atoms with Crippen molar-refractivity contribution in [2.45, 2.75) is 20.5 Å². The van der Waals surface area contributed by atoms with Gasteiger partial charge in [-0.25, -0.2) is 9.79 Å². The van der Waals surface area contributed by atoms with Crippen molar-refractivity contribution in [1.82, 2.24) is 0 Å². The summed E-state index contributed by atoms with van der Waals surface area (Å²) in [5.41, 5.74) is 2.58. The average molecular weight is 458 g/mol. The van der Waals surface area contributed by atoms with Crippen LogP contribution in [0.15, 0.2) is 77.4 Å². The molecule has 0 saturated carbocycles. The van der Waals surface area contributed by atoms with Crippen LogP contribution in [0.2, 0.25) is 0 Å². The van der Waals surface area contributed by atoms with Crippen LogP contribution >= 0.6 is 0 Å². The van der Waals surface area contributed by atoms with Crippen molar-refractivity contribution in [2.24, 2.45) is 4.99 Å². The van der Waals surface area contributed by atoms with Crippen LogP contribution in [0.1, 0.15) is 29.2 Å². The Balaban J connectivity index is 1.58. The van der Waals surface area contributed by atoms with E-state index in [1.54, 1.807) is 43.3 Å². The second-order valence-corrected chi connectivity index (χ2v) is 7.51. The highest BCUT2D eigenvalue weighted by Crippen LogP contribution is 2.31. The number of nitro groups is 1. The zero-order valence-electron chi connectivity index (χ0n) is 18.7. The second-order valence-electron chi connectivity index (χ2n) is 7.51. The third-order valence-corrected chi connectivity index (χ3v) is 5.08. The first kappa shape index (κ1) is 22.7.